The predicted octanol–water partition coefficient (Wildman–Crippen LogP) is 3.83. The third-order valence-electron chi connectivity index (χ3n) is 2.51. The van der Waals surface area contributed by atoms with Gasteiger partial charge >= 0.3 is 0 Å². The van der Waals surface area contributed by atoms with E-state index < -0.39 is 0 Å². The Morgan fingerprint density at radius 2 is 2.00 bits per heavy atom. The van der Waals surface area contributed by atoms with E-state index in [1.807, 2.05) is 6.07 Å². The zero-order valence-electron chi connectivity index (χ0n) is 9.89. The highest BCUT2D eigenvalue weighted by Gasteiger charge is 2.06. The molecule has 1 N–H and O–H groups in total. The van der Waals surface area contributed by atoms with Crippen LogP contribution in [0.4, 0.5) is 4.39 Å². The summed E-state index contributed by atoms with van der Waals surface area (Å²) >= 11 is 1.40. The van der Waals surface area contributed by atoms with Gasteiger partial charge in [0.15, 0.2) is 0 Å². The number of hydrogen-bond acceptors (Lipinski definition) is 3. The van der Waals surface area contributed by atoms with Gasteiger partial charge < -0.3 is 9.84 Å². The first-order chi connectivity index (χ1) is 8.70. The van der Waals surface area contributed by atoms with Crippen LogP contribution in [-0.2, 0) is 5.75 Å². The Bertz CT molecular complexity index is 543. The van der Waals surface area contributed by atoms with E-state index in [0.717, 1.165) is 4.90 Å². The van der Waals surface area contributed by atoms with E-state index in [9.17, 15) is 9.50 Å². The van der Waals surface area contributed by atoms with Crippen LogP contribution >= 0.6 is 11.8 Å². The van der Waals surface area contributed by atoms with Crippen LogP contribution in [0.5, 0.6) is 11.5 Å². The summed E-state index contributed by atoms with van der Waals surface area (Å²) in [4.78, 5) is 0.743. The maximum absolute atomic E-state index is 13.7. The van der Waals surface area contributed by atoms with Crippen molar-refractivity contribution in [3.8, 4) is 11.5 Å². The van der Waals surface area contributed by atoms with Crippen LogP contribution in [0.3, 0.4) is 0 Å². The molecule has 0 atom stereocenters. The Morgan fingerprint density at radius 1 is 1.22 bits per heavy atom. The molecule has 2 rings (SSSR count). The van der Waals surface area contributed by atoms with Crippen molar-refractivity contribution in [2.24, 2.45) is 0 Å². The molecule has 0 saturated carbocycles. The molecule has 0 aliphatic rings. The zero-order chi connectivity index (χ0) is 13.0. The summed E-state index contributed by atoms with van der Waals surface area (Å²) in [5.74, 6) is 0.894. The van der Waals surface area contributed by atoms with Crippen LogP contribution in [0.1, 0.15) is 5.56 Å². The molecule has 0 aliphatic carbocycles. The monoisotopic (exact) mass is 264 g/mol. The summed E-state index contributed by atoms with van der Waals surface area (Å²) in [6.07, 6.45) is 0. The molecule has 0 heterocycles. The molecular formula is C14H13FO2S. The average molecular weight is 264 g/mol. The number of halogens is 1. The van der Waals surface area contributed by atoms with Gasteiger partial charge in [-0.2, -0.15) is 0 Å². The number of hydrogen-bond donors (Lipinski definition) is 1. The van der Waals surface area contributed by atoms with E-state index in [4.69, 9.17) is 4.74 Å². The van der Waals surface area contributed by atoms with Crippen molar-refractivity contribution in [3.05, 3.63) is 53.8 Å². The van der Waals surface area contributed by atoms with E-state index in [2.05, 4.69) is 0 Å². The normalized spacial score (nSPS) is 10.3. The van der Waals surface area contributed by atoms with Crippen LogP contribution < -0.4 is 4.74 Å². The van der Waals surface area contributed by atoms with Gasteiger partial charge in [0.1, 0.15) is 17.3 Å². The number of methoxy groups -OCH3 is 1. The lowest BCUT2D eigenvalue weighted by molar-refractivity contribution is 0.411. The number of para-hydroxylation sites is 1. The molecule has 0 radical (unpaired) electrons. The first kappa shape index (κ1) is 12.8. The van der Waals surface area contributed by atoms with Crippen molar-refractivity contribution in [2.75, 3.05) is 7.11 Å². The van der Waals surface area contributed by atoms with E-state index in [1.54, 1.807) is 30.3 Å². The van der Waals surface area contributed by atoms with Crippen LogP contribution in [0.2, 0.25) is 0 Å². The quantitative estimate of drug-likeness (QED) is 0.851. The Labute approximate surface area is 109 Å². The zero-order valence-corrected chi connectivity index (χ0v) is 10.7. The fourth-order valence-corrected chi connectivity index (χ4v) is 2.44. The standard InChI is InChI=1S/C14H13FO2S/c1-17-11-7-6-10(12(15)8-11)9-18-14-5-3-2-4-13(14)16/h2-8,16H,9H2,1H3. The van der Waals surface area contributed by atoms with Crippen molar-refractivity contribution in [1.29, 1.82) is 0 Å². The lowest BCUT2D eigenvalue weighted by atomic mass is 10.2. The molecule has 0 aromatic heterocycles. The van der Waals surface area contributed by atoms with Crippen LogP contribution in [0.25, 0.3) is 0 Å². The Kier molecular flexibility index (Phi) is 4.10. The van der Waals surface area contributed by atoms with Gasteiger partial charge in [0.2, 0.25) is 0 Å². The molecule has 0 unspecified atom stereocenters. The highest BCUT2D eigenvalue weighted by molar-refractivity contribution is 7.98. The number of benzene rings is 2. The highest BCUT2D eigenvalue weighted by atomic mass is 32.2. The SMILES string of the molecule is COc1ccc(CSc2ccccc2O)c(F)c1. The maximum atomic E-state index is 13.7. The average Bonchev–Trinajstić information content (AvgIpc) is 2.39. The topological polar surface area (TPSA) is 29.5 Å². The third-order valence-corrected chi connectivity index (χ3v) is 3.62. The molecule has 18 heavy (non-hydrogen) atoms. The van der Waals surface area contributed by atoms with Gasteiger partial charge in [0.05, 0.1) is 7.11 Å². The van der Waals surface area contributed by atoms with Crippen molar-refractivity contribution >= 4 is 11.8 Å². The number of thioether (sulfide) groups is 1. The summed E-state index contributed by atoms with van der Waals surface area (Å²) in [5, 5.41) is 9.61. The molecule has 94 valence electrons. The summed E-state index contributed by atoms with van der Waals surface area (Å²) in [6, 6.07) is 11.8. The predicted molar refractivity (Wildman–Crippen MR) is 70.6 cm³/mol. The molecule has 4 heteroatoms. The van der Waals surface area contributed by atoms with Crippen LogP contribution in [-0.4, -0.2) is 12.2 Å². The smallest absolute Gasteiger partial charge is 0.130 e. The number of phenols is 1. The lowest BCUT2D eigenvalue weighted by Gasteiger charge is -2.06. The van der Waals surface area contributed by atoms with Gasteiger partial charge in [-0.3, -0.25) is 0 Å². The molecule has 2 aromatic carbocycles. The molecule has 0 saturated heterocycles. The molecule has 0 spiro atoms. The minimum absolute atomic E-state index is 0.219. The second-order valence-corrected chi connectivity index (χ2v) is 4.73. The van der Waals surface area contributed by atoms with Crippen molar-refractivity contribution in [3.63, 3.8) is 0 Å². The molecule has 0 bridgehead atoms. The molecule has 0 aliphatic heterocycles. The van der Waals surface area contributed by atoms with Crippen molar-refractivity contribution in [2.45, 2.75) is 10.6 Å². The van der Waals surface area contributed by atoms with Gasteiger partial charge in [-0.1, -0.05) is 18.2 Å². The second kappa shape index (κ2) is 5.78. The largest absolute Gasteiger partial charge is 0.507 e. The molecular weight excluding hydrogens is 251 g/mol. The first-order valence-corrected chi connectivity index (χ1v) is 6.42. The Hall–Kier alpha value is -1.68. The second-order valence-electron chi connectivity index (χ2n) is 3.71. The van der Waals surface area contributed by atoms with E-state index in [1.165, 1.54) is 24.9 Å². The highest BCUT2D eigenvalue weighted by Crippen LogP contribution is 2.31. The molecule has 0 amide bonds. The summed E-state index contributed by atoms with van der Waals surface area (Å²) in [6.45, 7) is 0. The number of ether oxygens (including phenoxy) is 1. The lowest BCUT2D eigenvalue weighted by Crippen LogP contribution is -1.90. The maximum Gasteiger partial charge on any atom is 0.130 e. The summed E-state index contributed by atoms with van der Waals surface area (Å²) in [5.41, 5.74) is 0.587. The fraction of sp³-hybridized carbons (Fsp3) is 0.143. The van der Waals surface area contributed by atoms with Gasteiger partial charge in [-0.15, -0.1) is 11.8 Å². The minimum Gasteiger partial charge on any atom is -0.507 e. The molecule has 0 fully saturated rings. The van der Waals surface area contributed by atoms with Crippen LogP contribution in [0.15, 0.2) is 47.4 Å². The first-order valence-electron chi connectivity index (χ1n) is 5.44. The Morgan fingerprint density at radius 3 is 2.67 bits per heavy atom. The number of phenolic OH excluding ortho intramolecular Hbond substituents is 1. The fourth-order valence-electron chi connectivity index (χ4n) is 1.51. The van der Waals surface area contributed by atoms with Gasteiger partial charge in [-0.05, 0) is 23.8 Å². The summed E-state index contributed by atoms with van der Waals surface area (Å²) in [7, 11) is 1.51. The van der Waals surface area contributed by atoms with Crippen molar-refractivity contribution < 1.29 is 14.2 Å². The van der Waals surface area contributed by atoms with E-state index >= 15 is 0 Å². The van der Waals surface area contributed by atoms with Gasteiger partial charge in [-0.25, -0.2) is 4.39 Å². The van der Waals surface area contributed by atoms with Gasteiger partial charge in [0, 0.05) is 16.7 Å². The molecule has 2 nitrogen and oxygen atoms in total. The number of rotatable bonds is 4. The Balaban J connectivity index is 2.09. The summed E-state index contributed by atoms with van der Waals surface area (Å²) < 4.78 is 18.6. The van der Waals surface area contributed by atoms with Crippen LogP contribution in [0, 0.1) is 5.82 Å². The van der Waals surface area contributed by atoms with Gasteiger partial charge in [0.25, 0.3) is 0 Å². The minimum atomic E-state index is -0.294. The third kappa shape index (κ3) is 2.96. The number of aromatic hydroxyl groups is 1. The van der Waals surface area contributed by atoms with E-state index in [0.29, 0.717) is 17.1 Å². The molecule has 2 aromatic rings. The van der Waals surface area contributed by atoms with E-state index in [-0.39, 0.29) is 11.6 Å². The van der Waals surface area contributed by atoms with Crippen molar-refractivity contribution in [1.82, 2.24) is 0 Å².